The lowest BCUT2D eigenvalue weighted by atomic mass is 9.94. The van der Waals surface area contributed by atoms with E-state index in [4.69, 9.17) is 23.8 Å². The summed E-state index contributed by atoms with van der Waals surface area (Å²) < 4.78 is 12.9. The maximum absolute atomic E-state index is 6.45. The molecule has 0 aliphatic carbocycles. The number of furan rings is 2. The zero-order chi connectivity index (χ0) is 33.0. The molecule has 234 valence electrons. The van der Waals surface area contributed by atoms with Crippen molar-refractivity contribution in [3.05, 3.63) is 164 Å². The van der Waals surface area contributed by atoms with E-state index in [1.807, 2.05) is 84.9 Å². The van der Waals surface area contributed by atoms with Gasteiger partial charge in [0.2, 0.25) is 0 Å². The Morgan fingerprint density at radius 2 is 0.840 bits per heavy atom. The predicted molar refractivity (Wildman–Crippen MR) is 202 cm³/mol. The van der Waals surface area contributed by atoms with Gasteiger partial charge in [0.25, 0.3) is 0 Å². The Labute approximate surface area is 287 Å². The third-order valence-electron chi connectivity index (χ3n) is 9.33. The molecule has 0 N–H and O–H groups in total. The van der Waals surface area contributed by atoms with E-state index >= 15 is 0 Å². The van der Waals surface area contributed by atoms with Crippen molar-refractivity contribution in [2.45, 2.75) is 0 Å². The van der Waals surface area contributed by atoms with Crippen molar-refractivity contribution in [1.82, 2.24) is 15.0 Å². The van der Waals surface area contributed by atoms with Crippen molar-refractivity contribution in [3.8, 4) is 56.4 Å². The maximum atomic E-state index is 6.45. The first kappa shape index (κ1) is 28.2. The van der Waals surface area contributed by atoms with Gasteiger partial charge >= 0.3 is 0 Å². The molecule has 0 spiro atoms. The first-order valence-corrected chi connectivity index (χ1v) is 16.6. The Balaban J connectivity index is 1.10. The van der Waals surface area contributed by atoms with Gasteiger partial charge in [-0.05, 0) is 64.7 Å². The molecule has 3 aromatic heterocycles. The summed E-state index contributed by atoms with van der Waals surface area (Å²) in [5.74, 6) is 1.84. The summed E-state index contributed by atoms with van der Waals surface area (Å²) in [6.07, 6.45) is 0. The summed E-state index contributed by atoms with van der Waals surface area (Å²) in [5, 5.41) is 4.31. The van der Waals surface area contributed by atoms with E-state index in [0.29, 0.717) is 17.5 Å². The molecule has 0 fully saturated rings. The molecule has 7 aromatic carbocycles. The van der Waals surface area contributed by atoms with Crippen LogP contribution in [0.25, 0.3) is 100 Å². The summed E-state index contributed by atoms with van der Waals surface area (Å²) in [6.45, 7) is 0. The molecule has 50 heavy (non-hydrogen) atoms. The predicted octanol–water partition coefficient (Wildman–Crippen LogP) is 12.0. The van der Waals surface area contributed by atoms with Crippen molar-refractivity contribution < 1.29 is 8.83 Å². The molecule has 0 atom stereocenters. The van der Waals surface area contributed by atoms with Gasteiger partial charge in [-0.2, -0.15) is 0 Å². The van der Waals surface area contributed by atoms with E-state index < -0.39 is 0 Å². The highest BCUT2D eigenvalue weighted by atomic mass is 16.3. The van der Waals surface area contributed by atoms with Crippen LogP contribution < -0.4 is 0 Å². The van der Waals surface area contributed by atoms with Crippen LogP contribution in [-0.2, 0) is 0 Å². The molecule has 5 heteroatoms. The molecule has 0 saturated heterocycles. The lowest BCUT2D eigenvalue weighted by molar-refractivity contribution is 0.669. The maximum Gasteiger partial charge on any atom is 0.164 e. The van der Waals surface area contributed by atoms with Crippen molar-refractivity contribution in [3.63, 3.8) is 0 Å². The van der Waals surface area contributed by atoms with Gasteiger partial charge < -0.3 is 8.83 Å². The molecule has 0 unspecified atom stereocenters. The molecule has 0 bridgehead atoms. The average Bonchev–Trinajstić information content (AvgIpc) is 3.76. The lowest BCUT2D eigenvalue weighted by Crippen LogP contribution is -2.00. The van der Waals surface area contributed by atoms with Crippen molar-refractivity contribution in [2.24, 2.45) is 0 Å². The molecule has 10 rings (SSSR count). The molecule has 3 heterocycles. The molecular formula is C45H27N3O2. The van der Waals surface area contributed by atoms with Gasteiger partial charge in [-0.3, -0.25) is 0 Å². The second-order valence-corrected chi connectivity index (χ2v) is 12.4. The normalized spacial score (nSPS) is 11.6. The molecule has 0 saturated carbocycles. The van der Waals surface area contributed by atoms with E-state index in [2.05, 4.69) is 78.9 Å². The smallest absolute Gasteiger partial charge is 0.164 e. The van der Waals surface area contributed by atoms with Crippen LogP contribution in [0.5, 0.6) is 0 Å². The van der Waals surface area contributed by atoms with Crippen LogP contribution in [-0.4, -0.2) is 15.0 Å². The van der Waals surface area contributed by atoms with Crippen LogP contribution in [0.1, 0.15) is 0 Å². The Kier molecular flexibility index (Phi) is 6.42. The number of fused-ring (bicyclic) bond motifs is 6. The molecule has 0 amide bonds. The number of benzene rings is 7. The van der Waals surface area contributed by atoms with Crippen molar-refractivity contribution >= 4 is 43.9 Å². The minimum Gasteiger partial charge on any atom is -0.456 e. The fourth-order valence-electron chi connectivity index (χ4n) is 6.90. The van der Waals surface area contributed by atoms with E-state index in [9.17, 15) is 0 Å². The van der Waals surface area contributed by atoms with Crippen LogP contribution >= 0.6 is 0 Å². The fourth-order valence-corrected chi connectivity index (χ4v) is 6.90. The van der Waals surface area contributed by atoms with Crippen molar-refractivity contribution in [1.29, 1.82) is 0 Å². The Morgan fingerprint density at radius 3 is 1.54 bits per heavy atom. The summed E-state index contributed by atoms with van der Waals surface area (Å²) in [7, 11) is 0. The Morgan fingerprint density at radius 1 is 0.300 bits per heavy atom. The van der Waals surface area contributed by atoms with Gasteiger partial charge in [-0.15, -0.1) is 0 Å². The minimum absolute atomic E-state index is 0.591. The standard InChI is InChI=1S/C45H27N3O2/c1-4-12-28(13-5-1)36-25-33(27-41-42(36)35-18-10-11-19-38(35)50-41)31-21-23-39-37(24-31)34-22-20-32(26-40(34)49-39)45-47-43(29-14-6-2-7-15-29)46-44(48-45)30-16-8-3-9-17-30/h1-27H. The highest BCUT2D eigenvalue weighted by Gasteiger charge is 2.18. The second kappa shape index (κ2) is 11.4. The third-order valence-corrected chi connectivity index (χ3v) is 9.33. The second-order valence-electron chi connectivity index (χ2n) is 12.4. The number of aromatic nitrogens is 3. The fraction of sp³-hybridized carbons (Fsp3) is 0. The molecular weight excluding hydrogens is 615 g/mol. The van der Waals surface area contributed by atoms with E-state index in [1.165, 1.54) is 0 Å². The largest absolute Gasteiger partial charge is 0.456 e. The van der Waals surface area contributed by atoms with Gasteiger partial charge in [0.1, 0.15) is 22.3 Å². The van der Waals surface area contributed by atoms with E-state index in [0.717, 1.165) is 82.8 Å². The zero-order valence-electron chi connectivity index (χ0n) is 26.7. The van der Waals surface area contributed by atoms with Crippen LogP contribution in [0.3, 0.4) is 0 Å². The SMILES string of the molecule is c1ccc(-c2nc(-c3ccccc3)nc(-c3ccc4c(c3)oc3ccc(-c5cc(-c6ccccc6)c6c(c5)oc5ccccc56)cc34)n2)cc1. The molecule has 5 nitrogen and oxygen atoms in total. The highest BCUT2D eigenvalue weighted by Crippen LogP contribution is 2.41. The quantitative estimate of drug-likeness (QED) is 0.187. The van der Waals surface area contributed by atoms with Gasteiger partial charge in [-0.25, -0.2) is 15.0 Å². The Bertz CT molecular complexity index is 2800. The number of nitrogens with zero attached hydrogens (tertiary/aromatic N) is 3. The molecule has 10 aromatic rings. The number of hydrogen-bond acceptors (Lipinski definition) is 5. The third kappa shape index (κ3) is 4.75. The topological polar surface area (TPSA) is 65.0 Å². The summed E-state index contributed by atoms with van der Waals surface area (Å²) in [5.41, 5.74) is 10.5. The Hall–Kier alpha value is -6.85. The van der Waals surface area contributed by atoms with Crippen LogP contribution in [0.4, 0.5) is 0 Å². The summed E-state index contributed by atoms with van der Waals surface area (Å²) in [6, 6.07) is 55.8. The van der Waals surface area contributed by atoms with Gasteiger partial charge in [-0.1, -0.05) is 121 Å². The monoisotopic (exact) mass is 641 g/mol. The van der Waals surface area contributed by atoms with Gasteiger partial charge in [0.05, 0.1) is 0 Å². The molecule has 0 aliphatic rings. The summed E-state index contributed by atoms with van der Waals surface area (Å²) >= 11 is 0. The zero-order valence-corrected chi connectivity index (χ0v) is 26.7. The van der Waals surface area contributed by atoms with E-state index in [-0.39, 0.29) is 0 Å². The van der Waals surface area contributed by atoms with E-state index in [1.54, 1.807) is 0 Å². The van der Waals surface area contributed by atoms with Gasteiger partial charge in [0.15, 0.2) is 17.5 Å². The number of rotatable bonds is 5. The van der Waals surface area contributed by atoms with Crippen LogP contribution in [0.2, 0.25) is 0 Å². The highest BCUT2D eigenvalue weighted by molar-refractivity contribution is 6.14. The molecule has 0 radical (unpaired) electrons. The number of hydrogen-bond donors (Lipinski definition) is 0. The van der Waals surface area contributed by atoms with Crippen molar-refractivity contribution in [2.75, 3.05) is 0 Å². The van der Waals surface area contributed by atoms with Gasteiger partial charge in [0, 0.05) is 38.2 Å². The first-order valence-electron chi connectivity index (χ1n) is 16.6. The summed E-state index contributed by atoms with van der Waals surface area (Å²) in [4.78, 5) is 14.7. The average molecular weight is 642 g/mol. The van der Waals surface area contributed by atoms with Crippen LogP contribution in [0, 0.1) is 0 Å². The lowest BCUT2D eigenvalue weighted by Gasteiger charge is -2.09. The number of para-hydroxylation sites is 1. The first-order chi connectivity index (χ1) is 24.7. The van der Waals surface area contributed by atoms with Crippen LogP contribution in [0.15, 0.2) is 173 Å². The minimum atomic E-state index is 0.591. The molecule has 0 aliphatic heterocycles.